The minimum Gasteiger partial charge on any atom is -0.459 e. The number of hydrogen-bond acceptors (Lipinski definition) is 9. The van der Waals surface area contributed by atoms with Crippen molar-refractivity contribution in [3.63, 3.8) is 0 Å². The highest BCUT2D eigenvalue weighted by Crippen LogP contribution is 2.31. The number of hydrogen-bond donors (Lipinski definition) is 1. The van der Waals surface area contributed by atoms with Gasteiger partial charge < -0.3 is 24.0 Å². The number of nitrogens with zero attached hydrogens (tertiary/aromatic N) is 3. The molecule has 1 fully saturated rings. The summed E-state index contributed by atoms with van der Waals surface area (Å²) in [5.41, 5.74) is 1.50. The van der Waals surface area contributed by atoms with E-state index in [-0.39, 0.29) is 18.6 Å². The summed E-state index contributed by atoms with van der Waals surface area (Å²) in [5, 5.41) is 0. The Morgan fingerprint density at radius 1 is 0.976 bits per heavy atom. The third kappa shape index (κ3) is 7.14. The van der Waals surface area contributed by atoms with Crippen molar-refractivity contribution in [3.05, 3.63) is 97.2 Å². The Bertz CT molecular complexity index is 1530. The number of nitrogens with one attached hydrogen (secondary N) is 1. The molecule has 1 saturated heterocycles. The summed E-state index contributed by atoms with van der Waals surface area (Å²) >= 11 is 3.13. The Kier molecular flexibility index (Phi) is 9.46. The fourth-order valence-electron chi connectivity index (χ4n) is 4.28. The van der Waals surface area contributed by atoms with Crippen molar-refractivity contribution in [1.29, 1.82) is 0 Å². The number of H-pyrrole nitrogens is 1. The summed E-state index contributed by atoms with van der Waals surface area (Å²) in [4.78, 5) is 58.2. The summed E-state index contributed by atoms with van der Waals surface area (Å²) in [6, 6.07) is 13.8. The number of benzene rings is 2. The minimum absolute atomic E-state index is 0.0880. The molecule has 0 bridgehead atoms. The topological polar surface area (TPSA) is 123 Å². The van der Waals surface area contributed by atoms with E-state index in [4.69, 9.17) is 14.2 Å². The van der Waals surface area contributed by atoms with Crippen molar-refractivity contribution in [3.8, 4) is 0 Å². The first-order valence-corrected chi connectivity index (χ1v) is 13.7. The Balaban J connectivity index is 1.55. The Morgan fingerprint density at radius 2 is 1.54 bits per heavy atom. The van der Waals surface area contributed by atoms with Gasteiger partial charge in [0.25, 0.3) is 5.56 Å². The monoisotopic (exact) mass is 626 g/mol. The number of anilines is 2. The molecule has 3 atom stereocenters. The van der Waals surface area contributed by atoms with Crippen LogP contribution in [0.3, 0.4) is 0 Å². The molecule has 2 heterocycles. The normalized spacial score (nSPS) is 18.3. The van der Waals surface area contributed by atoms with Crippen LogP contribution in [0.5, 0.6) is 0 Å². The molecule has 0 aliphatic carbocycles. The van der Waals surface area contributed by atoms with Gasteiger partial charge in [-0.05, 0) is 59.6 Å². The molecule has 2 aromatic carbocycles. The van der Waals surface area contributed by atoms with Crippen molar-refractivity contribution >= 4 is 45.3 Å². The van der Waals surface area contributed by atoms with Crippen molar-refractivity contribution in [1.82, 2.24) is 9.55 Å². The standard InChI is InChI=1S/C29H31BrN4O7/c1-32(2)21-9-5-18(6-10-21)27(36)39-17-24-23(41-28(37)19-7-11-22(12-8-19)33(3)4)15-25(40-24)34-16-20(13-14-30)26(35)31-29(34)38/h5-14,16,23-25H,15,17H2,1-4H3,(H,31,35,38)/b14-13+/t23-,24+,25+/m0/s1. The van der Waals surface area contributed by atoms with Gasteiger partial charge in [0, 0.05) is 52.2 Å². The fourth-order valence-corrected chi connectivity index (χ4v) is 4.57. The molecule has 0 unspecified atom stereocenters. The zero-order valence-electron chi connectivity index (χ0n) is 23.1. The number of rotatable bonds is 9. The maximum absolute atomic E-state index is 13.0. The molecule has 12 heteroatoms. The minimum atomic E-state index is -0.890. The molecule has 0 saturated carbocycles. The molecule has 0 amide bonds. The van der Waals surface area contributed by atoms with Gasteiger partial charge in [-0.25, -0.2) is 14.4 Å². The van der Waals surface area contributed by atoms with Gasteiger partial charge in [0.2, 0.25) is 0 Å². The number of aromatic nitrogens is 2. The van der Waals surface area contributed by atoms with Gasteiger partial charge in [-0.1, -0.05) is 15.9 Å². The van der Waals surface area contributed by atoms with Crippen LogP contribution in [0.1, 0.15) is 38.9 Å². The molecule has 216 valence electrons. The summed E-state index contributed by atoms with van der Waals surface area (Å²) in [6.45, 7) is -0.228. The zero-order valence-corrected chi connectivity index (χ0v) is 24.7. The SMILES string of the molecule is CN(C)c1ccc(C(=O)OC[C@H]2O[C@@H](n3cc(/C=C/Br)c(=O)[nH]c3=O)C[C@@H]2OC(=O)c2ccc(N(C)C)cc2)cc1. The second-order valence-electron chi connectivity index (χ2n) is 9.83. The molecule has 4 rings (SSSR count). The van der Waals surface area contributed by atoms with Gasteiger partial charge in [0.05, 0.1) is 16.7 Å². The average molecular weight is 627 g/mol. The van der Waals surface area contributed by atoms with E-state index in [1.54, 1.807) is 48.5 Å². The van der Waals surface area contributed by atoms with Crippen LogP contribution in [-0.4, -0.2) is 68.5 Å². The summed E-state index contributed by atoms with van der Waals surface area (Å²) < 4.78 is 18.6. The van der Waals surface area contributed by atoms with E-state index in [0.29, 0.717) is 11.1 Å². The van der Waals surface area contributed by atoms with E-state index in [0.717, 1.165) is 11.4 Å². The summed E-state index contributed by atoms with van der Waals surface area (Å²) in [6.07, 6.45) is 0.328. The number of halogens is 1. The van der Waals surface area contributed by atoms with E-state index in [9.17, 15) is 19.2 Å². The molecule has 41 heavy (non-hydrogen) atoms. The van der Waals surface area contributed by atoms with Crippen LogP contribution in [0, 0.1) is 0 Å². The molecule has 0 spiro atoms. The van der Waals surface area contributed by atoms with Crippen LogP contribution >= 0.6 is 15.9 Å². The van der Waals surface area contributed by atoms with E-state index < -0.39 is 41.6 Å². The van der Waals surface area contributed by atoms with Gasteiger partial charge in [-0.15, -0.1) is 0 Å². The predicted octanol–water partition coefficient (Wildman–Crippen LogP) is 3.40. The maximum atomic E-state index is 13.0. The summed E-state index contributed by atoms with van der Waals surface area (Å²) in [5.74, 6) is -1.16. The number of aromatic amines is 1. The molecular formula is C29H31BrN4O7. The number of carbonyl (C=O) groups is 2. The number of ether oxygens (including phenoxy) is 3. The van der Waals surface area contributed by atoms with Crippen molar-refractivity contribution in [2.24, 2.45) is 0 Å². The van der Waals surface area contributed by atoms with Gasteiger partial charge in [-0.2, -0.15) is 0 Å². The van der Waals surface area contributed by atoms with Crippen LogP contribution in [0.4, 0.5) is 11.4 Å². The zero-order chi connectivity index (χ0) is 29.7. The summed E-state index contributed by atoms with van der Waals surface area (Å²) in [7, 11) is 7.57. The van der Waals surface area contributed by atoms with Crippen LogP contribution in [-0.2, 0) is 14.2 Å². The van der Waals surface area contributed by atoms with Gasteiger partial charge in [-0.3, -0.25) is 14.3 Å². The van der Waals surface area contributed by atoms with Crippen LogP contribution in [0.25, 0.3) is 6.08 Å². The first-order valence-electron chi connectivity index (χ1n) is 12.8. The quantitative estimate of drug-likeness (QED) is 0.356. The number of esters is 2. The van der Waals surface area contributed by atoms with Crippen LogP contribution < -0.4 is 21.0 Å². The molecule has 1 aliphatic rings. The largest absolute Gasteiger partial charge is 0.459 e. The average Bonchev–Trinajstić information content (AvgIpc) is 3.35. The highest BCUT2D eigenvalue weighted by atomic mass is 79.9. The molecule has 11 nitrogen and oxygen atoms in total. The molecule has 1 aliphatic heterocycles. The van der Waals surface area contributed by atoms with Crippen LogP contribution in [0.2, 0.25) is 0 Å². The molecule has 3 aromatic rings. The lowest BCUT2D eigenvalue weighted by Crippen LogP contribution is -2.33. The van der Waals surface area contributed by atoms with Gasteiger partial charge in [0.1, 0.15) is 25.0 Å². The fraction of sp³-hybridized carbons (Fsp3) is 0.310. The van der Waals surface area contributed by atoms with Crippen molar-refractivity contribution < 1.29 is 23.8 Å². The van der Waals surface area contributed by atoms with E-state index in [2.05, 4.69) is 20.9 Å². The Hall–Kier alpha value is -4.16. The third-order valence-corrected chi connectivity index (χ3v) is 6.87. The lowest BCUT2D eigenvalue weighted by atomic mass is 10.1. The van der Waals surface area contributed by atoms with E-state index >= 15 is 0 Å². The van der Waals surface area contributed by atoms with Gasteiger partial charge >= 0.3 is 17.6 Å². The Labute approximate surface area is 245 Å². The van der Waals surface area contributed by atoms with E-state index in [1.165, 1.54) is 21.8 Å². The molecule has 1 aromatic heterocycles. The van der Waals surface area contributed by atoms with Crippen molar-refractivity contribution in [2.45, 2.75) is 24.9 Å². The highest BCUT2D eigenvalue weighted by Gasteiger charge is 2.40. The second-order valence-corrected chi connectivity index (χ2v) is 10.4. The lowest BCUT2D eigenvalue weighted by molar-refractivity contribution is -0.0582. The molecular weight excluding hydrogens is 596 g/mol. The van der Waals surface area contributed by atoms with E-state index in [1.807, 2.05) is 38.0 Å². The Morgan fingerprint density at radius 3 is 2.07 bits per heavy atom. The van der Waals surface area contributed by atoms with Crippen molar-refractivity contribution in [2.75, 3.05) is 44.6 Å². The molecule has 1 N–H and O–H groups in total. The van der Waals surface area contributed by atoms with Gasteiger partial charge in [0.15, 0.2) is 0 Å². The maximum Gasteiger partial charge on any atom is 0.338 e. The smallest absolute Gasteiger partial charge is 0.338 e. The third-order valence-electron chi connectivity index (χ3n) is 6.60. The predicted molar refractivity (Wildman–Crippen MR) is 159 cm³/mol. The first-order chi connectivity index (χ1) is 19.6. The molecule has 0 radical (unpaired) electrons. The first kappa shape index (κ1) is 29.8. The number of carbonyl (C=O) groups excluding carboxylic acids is 2. The van der Waals surface area contributed by atoms with Crippen LogP contribution in [0.15, 0.2) is 69.3 Å². The second kappa shape index (κ2) is 13.0. The lowest BCUT2D eigenvalue weighted by Gasteiger charge is -2.19. The highest BCUT2D eigenvalue weighted by molar-refractivity contribution is 9.11.